The molecule has 38 heavy (non-hydrogen) atoms. The fourth-order valence-corrected chi connectivity index (χ4v) is 4.77. The van der Waals surface area contributed by atoms with Crippen molar-refractivity contribution in [2.45, 2.75) is 19.9 Å². The van der Waals surface area contributed by atoms with Gasteiger partial charge in [-0.25, -0.2) is 13.9 Å². The van der Waals surface area contributed by atoms with E-state index in [2.05, 4.69) is 10.1 Å². The number of benzene rings is 2. The summed E-state index contributed by atoms with van der Waals surface area (Å²) in [5.41, 5.74) is 3.12. The van der Waals surface area contributed by atoms with Crippen molar-refractivity contribution in [3.8, 4) is 22.8 Å². The molecule has 1 saturated heterocycles. The number of hydrogen-bond acceptors (Lipinski definition) is 6. The van der Waals surface area contributed by atoms with Crippen molar-refractivity contribution in [1.29, 1.82) is 0 Å². The van der Waals surface area contributed by atoms with Gasteiger partial charge in [-0.1, -0.05) is 6.07 Å². The van der Waals surface area contributed by atoms with Gasteiger partial charge >= 0.3 is 0 Å². The van der Waals surface area contributed by atoms with E-state index in [0.29, 0.717) is 36.8 Å². The van der Waals surface area contributed by atoms with Crippen LogP contribution in [0.3, 0.4) is 0 Å². The second-order valence-corrected chi connectivity index (χ2v) is 9.28. The highest BCUT2D eigenvalue weighted by molar-refractivity contribution is 5.96. The van der Waals surface area contributed by atoms with Gasteiger partial charge in [0.1, 0.15) is 5.82 Å². The molecule has 0 radical (unpaired) electrons. The molecule has 0 spiro atoms. The maximum absolute atomic E-state index is 14.4. The molecular formula is C28H28FN5O4. The molecular weight excluding hydrogens is 489 g/mol. The molecule has 0 unspecified atom stereocenters. The van der Waals surface area contributed by atoms with Gasteiger partial charge in [0.15, 0.2) is 22.8 Å². The van der Waals surface area contributed by atoms with Crippen LogP contribution in [0.2, 0.25) is 0 Å². The number of fused-ring (bicyclic) bond motifs is 1. The smallest absolute Gasteiger partial charge is 0.274 e. The monoisotopic (exact) mass is 517 g/mol. The first-order valence-electron chi connectivity index (χ1n) is 12.2. The van der Waals surface area contributed by atoms with E-state index in [0.717, 1.165) is 16.8 Å². The number of piperazine rings is 1. The molecule has 1 aliphatic heterocycles. The van der Waals surface area contributed by atoms with Crippen molar-refractivity contribution in [3.05, 3.63) is 77.4 Å². The number of nitrogens with zero attached hydrogens (tertiary/aromatic N) is 5. The number of aryl methyl sites for hydroxylation is 1. The predicted molar refractivity (Wildman–Crippen MR) is 139 cm³/mol. The Balaban J connectivity index is 1.36. The van der Waals surface area contributed by atoms with Crippen LogP contribution in [0.25, 0.3) is 16.9 Å². The predicted octanol–water partition coefficient (Wildman–Crippen LogP) is 3.85. The zero-order chi connectivity index (χ0) is 27.0. The van der Waals surface area contributed by atoms with E-state index in [9.17, 15) is 14.0 Å². The molecule has 5 rings (SSSR count). The molecule has 0 bridgehead atoms. The molecule has 196 valence electrons. The summed E-state index contributed by atoms with van der Waals surface area (Å²) in [7, 11) is 3.14. The highest BCUT2D eigenvalue weighted by Crippen LogP contribution is 2.32. The van der Waals surface area contributed by atoms with Gasteiger partial charge in [-0.15, -0.1) is 0 Å². The van der Waals surface area contributed by atoms with E-state index < -0.39 is 5.82 Å². The van der Waals surface area contributed by atoms with Crippen LogP contribution in [-0.2, 0) is 0 Å². The van der Waals surface area contributed by atoms with Crippen molar-refractivity contribution < 1.29 is 23.5 Å². The van der Waals surface area contributed by atoms with E-state index in [1.165, 1.54) is 12.1 Å². The molecule has 3 heterocycles. The Morgan fingerprint density at radius 1 is 0.974 bits per heavy atom. The number of aromatic nitrogens is 3. The third kappa shape index (κ3) is 4.53. The molecule has 2 aromatic heterocycles. The normalized spacial score (nSPS) is 15.6. The van der Waals surface area contributed by atoms with Crippen molar-refractivity contribution in [3.63, 3.8) is 0 Å². The molecule has 0 aliphatic carbocycles. The molecule has 9 nitrogen and oxygen atoms in total. The summed E-state index contributed by atoms with van der Waals surface area (Å²) < 4.78 is 26.8. The standard InChI is InChI=1S/C28H28FN5O4/c1-17-5-7-20(21(29)13-17)27(35)33-12-11-32(16-18(33)2)28(36)22-15-26-30-10-9-23(34(26)31-22)19-6-8-24(37-3)25(14-19)38-4/h5-10,13-15,18H,11-12,16H2,1-4H3/t18-/m0/s1. The third-order valence-corrected chi connectivity index (χ3v) is 6.79. The zero-order valence-corrected chi connectivity index (χ0v) is 21.6. The lowest BCUT2D eigenvalue weighted by atomic mass is 10.1. The summed E-state index contributed by atoms with van der Waals surface area (Å²) in [5.74, 6) is 0.0103. The van der Waals surface area contributed by atoms with Crippen LogP contribution in [0.1, 0.15) is 33.3 Å². The molecule has 0 N–H and O–H groups in total. The van der Waals surface area contributed by atoms with Crippen LogP contribution < -0.4 is 9.47 Å². The topological polar surface area (TPSA) is 89.3 Å². The van der Waals surface area contributed by atoms with E-state index in [4.69, 9.17) is 9.47 Å². The van der Waals surface area contributed by atoms with Gasteiger partial charge in [-0.2, -0.15) is 5.10 Å². The second kappa shape index (κ2) is 10.1. The van der Waals surface area contributed by atoms with Crippen LogP contribution in [0, 0.1) is 12.7 Å². The molecule has 2 amide bonds. The average molecular weight is 518 g/mol. The Kier molecular flexibility index (Phi) is 6.71. The van der Waals surface area contributed by atoms with Gasteiger partial charge in [0.2, 0.25) is 0 Å². The number of halogens is 1. The molecule has 1 fully saturated rings. The number of amides is 2. The van der Waals surface area contributed by atoms with Gasteiger partial charge in [0.05, 0.1) is 25.5 Å². The number of methoxy groups -OCH3 is 2. The lowest BCUT2D eigenvalue weighted by Gasteiger charge is -2.39. The quantitative estimate of drug-likeness (QED) is 0.400. The maximum atomic E-state index is 14.4. The number of carbonyl (C=O) groups excluding carboxylic acids is 2. The van der Waals surface area contributed by atoms with Gasteiger partial charge in [-0.05, 0) is 55.8 Å². The summed E-state index contributed by atoms with van der Waals surface area (Å²) in [4.78, 5) is 34.1. The lowest BCUT2D eigenvalue weighted by Crippen LogP contribution is -2.55. The molecule has 1 atom stereocenters. The Morgan fingerprint density at radius 3 is 2.47 bits per heavy atom. The minimum Gasteiger partial charge on any atom is -0.493 e. The molecule has 2 aromatic carbocycles. The Labute approximate surface area is 219 Å². The van der Waals surface area contributed by atoms with E-state index in [1.54, 1.807) is 59.9 Å². The molecule has 0 saturated carbocycles. The average Bonchev–Trinajstić information content (AvgIpc) is 3.36. The second-order valence-electron chi connectivity index (χ2n) is 9.28. The van der Waals surface area contributed by atoms with E-state index in [1.807, 2.05) is 25.1 Å². The summed E-state index contributed by atoms with van der Waals surface area (Å²) in [6, 6.07) is 13.3. The Morgan fingerprint density at radius 2 is 1.76 bits per heavy atom. The summed E-state index contributed by atoms with van der Waals surface area (Å²) in [6.45, 7) is 4.54. The minimum atomic E-state index is -0.539. The van der Waals surface area contributed by atoms with Gasteiger partial charge < -0.3 is 19.3 Å². The largest absolute Gasteiger partial charge is 0.493 e. The minimum absolute atomic E-state index is 0.0383. The molecule has 1 aliphatic rings. The van der Waals surface area contributed by atoms with Crippen molar-refractivity contribution in [2.75, 3.05) is 33.9 Å². The van der Waals surface area contributed by atoms with Gasteiger partial charge in [0, 0.05) is 43.5 Å². The number of rotatable bonds is 5. The van der Waals surface area contributed by atoms with Crippen LogP contribution in [0.4, 0.5) is 4.39 Å². The summed E-state index contributed by atoms with van der Waals surface area (Å²) in [5, 5.41) is 4.57. The number of carbonyl (C=O) groups is 2. The van der Waals surface area contributed by atoms with E-state index in [-0.39, 0.29) is 29.1 Å². The number of ether oxygens (including phenoxy) is 2. The lowest BCUT2D eigenvalue weighted by molar-refractivity contribution is 0.0408. The highest BCUT2D eigenvalue weighted by atomic mass is 19.1. The van der Waals surface area contributed by atoms with Crippen LogP contribution in [0.5, 0.6) is 11.5 Å². The zero-order valence-electron chi connectivity index (χ0n) is 21.6. The fraction of sp³-hybridized carbons (Fsp3) is 0.286. The van der Waals surface area contributed by atoms with Gasteiger partial charge in [0.25, 0.3) is 11.8 Å². The van der Waals surface area contributed by atoms with Crippen molar-refractivity contribution in [1.82, 2.24) is 24.4 Å². The fourth-order valence-electron chi connectivity index (χ4n) is 4.77. The van der Waals surface area contributed by atoms with Crippen molar-refractivity contribution in [2.24, 2.45) is 0 Å². The van der Waals surface area contributed by atoms with Gasteiger partial charge in [-0.3, -0.25) is 9.59 Å². The van der Waals surface area contributed by atoms with Crippen molar-refractivity contribution >= 4 is 17.5 Å². The van der Waals surface area contributed by atoms with Crippen LogP contribution >= 0.6 is 0 Å². The first-order valence-corrected chi connectivity index (χ1v) is 12.2. The third-order valence-electron chi connectivity index (χ3n) is 6.79. The SMILES string of the molecule is COc1ccc(-c2ccnc3cc(C(=O)N4CCN(C(=O)c5ccc(C)cc5F)[C@@H](C)C4)nn23)cc1OC. The summed E-state index contributed by atoms with van der Waals surface area (Å²) >= 11 is 0. The van der Waals surface area contributed by atoms with Crippen LogP contribution in [-0.4, -0.2) is 76.1 Å². The Bertz CT molecular complexity index is 1540. The number of hydrogen-bond donors (Lipinski definition) is 0. The highest BCUT2D eigenvalue weighted by Gasteiger charge is 2.32. The Hall–Kier alpha value is -4.47. The summed E-state index contributed by atoms with van der Waals surface area (Å²) in [6.07, 6.45) is 1.66. The first kappa shape index (κ1) is 25.2. The van der Waals surface area contributed by atoms with Crippen LogP contribution in [0.15, 0.2) is 54.7 Å². The van der Waals surface area contributed by atoms with E-state index >= 15 is 0 Å². The molecule has 10 heteroatoms. The maximum Gasteiger partial charge on any atom is 0.274 e. The first-order chi connectivity index (χ1) is 18.3. The molecule has 4 aromatic rings.